The maximum absolute atomic E-state index is 12.3. The van der Waals surface area contributed by atoms with Crippen LogP contribution >= 0.6 is 15.9 Å². The number of hydrogen-bond donors (Lipinski definition) is 3. The summed E-state index contributed by atoms with van der Waals surface area (Å²) in [6.45, 7) is 3.33. The summed E-state index contributed by atoms with van der Waals surface area (Å²) in [6.07, 6.45) is 0.769. The molecule has 0 spiro atoms. The molecule has 6 nitrogen and oxygen atoms in total. The average Bonchev–Trinajstić information content (AvgIpc) is 2.74. The van der Waals surface area contributed by atoms with Crippen LogP contribution in [0.1, 0.15) is 28.2 Å². The minimum atomic E-state index is -0.226. The van der Waals surface area contributed by atoms with Crippen molar-refractivity contribution in [1.29, 1.82) is 5.26 Å². The van der Waals surface area contributed by atoms with Crippen LogP contribution in [0, 0.1) is 18.3 Å². The smallest absolute Gasteiger partial charge is 0.269 e. The van der Waals surface area contributed by atoms with Crippen molar-refractivity contribution in [2.45, 2.75) is 25.5 Å². The predicted octanol–water partition coefficient (Wildman–Crippen LogP) is 1.06. The first-order valence-electron chi connectivity index (χ1n) is 6.41. The average molecular weight is 341 g/mol. The van der Waals surface area contributed by atoms with Gasteiger partial charge >= 0.3 is 0 Å². The first-order valence-corrected chi connectivity index (χ1v) is 7.20. The number of aryl methyl sites for hydroxylation is 1. The number of halogens is 1. The number of carbonyl (C=O) groups is 1. The SMILES string of the molecule is CO[C@@H]1CNCC[C@H]1NC(=O)c1[nH]c(C)c(C#N)c1Br. The molecule has 0 saturated carbocycles. The maximum atomic E-state index is 12.3. The van der Waals surface area contributed by atoms with Gasteiger partial charge in [-0.15, -0.1) is 0 Å². The van der Waals surface area contributed by atoms with Crippen LogP contribution in [0.25, 0.3) is 0 Å². The van der Waals surface area contributed by atoms with Crippen molar-refractivity contribution < 1.29 is 9.53 Å². The Bertz CT molecular complexity index is 549. The van der Waals surface area contributed by atoms with Crippen LogP contribution in [0.5, 0.6) is 0 Å². The summed E-state index contributed by atoms with van der Waals surface area (Å²) in [5.41, 5.74) is 1.52. The predicted molar refractivity (Wildman–Crippen MR) is 77.5 cm³/mol. The Kier molecular flexibility index (Phi) is 4.81. The lowest BCUT2D eigenvalue weighted by atomic mass is 10.0. The maximum Gasteiger partial charge on any atom is 0.269 e. The van der Waals surface area contributed by atoms with Crippen LogP contribution in [0.2, 0.25) is 0 Å². The van der Waals surface area contributed by atoms with Crippen LogP contribution < -0.4 is 10.6 Å². The molecule has 0 aromatic carbocycles. The van der Waals surface area contributed by atoms with Gasteiger partial charge in [0.05, 0.1) is 22.2 Å². The molecule has 0 bridgehead atoms. The number of nitrogens with one attached hydrogen (secondary N) is 3. The van der Waals surface area contributed by atoms with E-state index in [0.29, 0.717) is 21.4 Å². The zero-order valence-electron chi connectivity index (χ0n) is 11.4. The Labute approximate surface area is 126 Å². The summed E-state index contributed by atoms with van der Waals surface area (Å²) in [6, 6.07) is 2.04. The lowest BCUT2D eigenvalue weighted by molar-refractivity contribution is 0.0475. The Hall–Kier alpha value is -1.36. The normalized spacial score (nSPS) is 22.3. The van der Waals surface area contributed by atoms with Crippen molar-refractivity contribution in [2.75, 3.05) is 20.2 Å². The fourth-order valence-electron chi connectivity index (χ4n) is 2.37. The number of H-pyrrole nitrogens is 1. The van der Waals surface area contributed by atoms with Gasteiger partial charge in [-0.2, -0.15) is 5.26 Å². The van der Waals surface area contributed by atoms with Crippen LogP contribution in [0.15, 0.2) is 4.47 Å². The Morgan fingerprint density at radius 3 is 2.95 bits per heavy atom. The Balaban J connectivity index is 2.14. The van der Waals surface area contributed by atoms with E-state index >= 15 is 0 Å². The number of nitrogens with zero attached hydrogens (tertiary/aromatic N) is 1. The lowest BCUT2D eigenvalue weighted by Crippen LogP contribution is -2.53. The molecule has 2 rings (SSSR count). The first-order chi connectivity index (χ1) is 9.58. The van der Waals surface area contributed by atoms with Gasteiger partial charge in [0, 0.05) is 19.3 Å². The third-order valence-corrected chi connectivity index (χ3v) is 4.30. The number of amides is 1. The second-order valence-electron chi connectivity index (χ2n) is 4.77. The minimum Gasteiger partial charge on any atom is -0.378 e. The molecule has 1 amide bonds. The van der Waals surface area contributed by atoms with E-state index in [1.807, 2.05) is 0 Å². The molecule has 20 heavy (non-hydrogen) atoms. The molecule has 1 aliphatic heterocycles. The van der Waals surface area contributed by atoms with Gasteiger partial charge in [0.25, 0.3) is 5.91 Å². The molecule has 2 heterocycles. The van der Waals surface area contributed by atoms with Crippen LogP contribution in [-0.2, 0) is 4.74 Å². The summed E-state index contributed by atoms with van der Waals surface area (Å²) < 4.78 is 5.88. The molecule has 2 atom stereocenters. The highest BCUT2D eigenvalue weighted by Crippen LogP contribution is 2.24. The largest absolute Gasteiger partial charge is 0.378 e. The van der Waals surface area contributed by atoms with E-state index in [0.717, 1.165) is 19.5 Å². The number of ether oxygens (including phenoxy) is 1. The van der Waals surface area contributed by atoms with Gasteiger partial charge in [0.15, 0.2) is 0 Å². The first kappa shape index (κ1) is 15.0. The number of aromatic amines is 1. The number of methoxy groups -OCH3 is 1. The van der Waals surface area contributed by atoms with Crippen LogP contribution in [-0.4, -0.2) is 43.2 Å². The number of nitriles is 1. The molecule has 1 saturated heterocycles. The van der Waals surface area contributed by atoms with Gasteiger partial charge in [-0.3, -0.25) is 4.79 Å². The van der Waals surface area contributed by atoms with Crippen molar-refractivity contribution in [3.8, 4) is 6.07 Å². The summed E-state index contributed by atoms with van der Waals surface area (Å²) in [7, 11) is 1.64. The van der Waals surface area contributed by atoms with E-state index in [9.17, 15) is 4.79 Å². The summed E-state index contributed by atoms with van der Waals surface area (Å²) >= 11 is 3.30. The van der Waals surface area contributed by atoms with Gasteiger partial charge in [0.1, 0.15) is 11.8 Å². The quantitative estimate of drug-likeness (QED) is 0.767. The topological polar surface area (TPSA) is 89.9 Å². The van der Waals surface area contributed by atoms with Crippen molar-refractivity contribution in [3.63, 3.8) is 0 Å². The van der Waals surface area contributed by atoms with Gasteiger partial charge in [-0.1, -0.05) is 0 Å². The van der Waals surface area contributed by atoms with E-state index in [-0.39, 0.29) is 18.1 Å². The second kappa shape index (κ2) is 6.39. The zero-order chi connectivity index (χ0) is 14.7. The fraction of sp³-hybridized carbons (Fsp3) is 0.538. The zero-order valence-corrected chi connectivity index (χ0v) is 13.0. The third-order valence-electron chi connectivity index (χ3n) is 3.51. The second-order valence-corrected chi connectivity index (χ2v) is 5.57. The number of carbonyl (C=O) groups excluding carboxylic acids is 1. The van der Waals surface area contributed by atoms with Crippen LogP contribution in [0.4, 0.5) is 0 Å². The molecule has 1 fully saturated rings. The Morgan fingerprint density at radius 1 is 1.60 bits per heavy atom. The number of hydrogen-bond acceptors (Lipinski definition) is 4. The number of piperidine rings is 1. The highest BCUT2D eigenvalue weighted by molar-refractivity contribution is 9.10. The van der Waals surface area contributed by atoms with Crippen molar-refractivity contribution in [3.05, 3.63) is 21.4 Å². The highest BCUT2D eigenvalue weighted by Gasteiger charge is 2.28. The third kappa shape index (κ3) is 2.87. The standard InChI is InChI=1S/C13H17BrN4O2/c1-7-8(5-15)11(14)12(17-7)13(19)18-9-3-4-16-6-10(9)20-2/h9-10,16-17H,3-4,6H2,1-2H3,(H,18,19)/t9-,10-/m1/s1. The monoisotopic (exact) mass is 340 g/mol. The minimum absolute atomic E-state index is 0.0326. The van der Waals surface area contributed by atoms with Gasteiger partial charge < -0.3 is 20.4 Å². The molecule has 1 aromatic heterocycles. The van der Waals surface area contributed by atoms with E-state index in [2.05, 4.69) is 37.6 Å². The molecular formula is C13H17BrN4O2. The van der Waals surface area contributed by atoms with Crippen molar-refractivity contribution in [2.24, 2.45) is 0 Å². The van der Waals surface area contributed by atoms with E-state index in [1.54, 1.807) is 14.0 Å². The fourth-order valence-corrected chi connectivity index (χ4v) is 3.03. The molecule has 1 aliphatic rings. The molecule has 0 aliphatic carbocycles. The molecule has 7 heteroatoms. The molecule has 108 valence electrons. The molecule has 0 radical (unpaired) electrons. The number of rotatable bonds is 3. The van der Waals surface area contributed by atoms with Gasteiger partial charge in [-0.25, -0.2) is 0 Å². The molecule has 1 aromatic rings. The van der Waals surface area contributed by atoms with Crippen molar-refractivity contribution in [1.82, 2.24) is 15.6 Å². The molecule has 3 N–H and O–H groups in total. The van der Waals surface area contributed by atoms with E-state index < -0.39 is 0 Å². The van der Waals surface area contributed by atoms with E-state index in [1.165, 1.54) is 0 Å². The van der Waals surface area contributed by atoms with E-state index in [4.69, 9.17) is 10.00 Å². The Morgan fingerprint density at radius 2 is 2.35 bits per heavy atom. The summed E-state index contributed by atoms with van der Waals surface area (Å²) in [5, 5.41) is 15.2. The summed E-state index contributed by atoms with van der Waals surface area (Å²) in [4.78, 5) is 15.3. The van der Waals surface area contributed by atoms with Crippen molar-refractivity contribution >= 4 is 21.8 Å². The van der Waals surface area contributed by atoms with Gasteiger partial charge in [0.2, 0.25) is 0 Å². The molecule has 0 unspecified atom stereocenters. The van der Waals surface area contributed by atoms with Gasteiger partial charge in [-0.05, 0) is 35.8 Å². The lowest BCUT2D eigenvalue weighted by Gasteiger charge is -2.31. The van der Waals surface area contributed by atoms with Crippen LogP contribution in [0.3, 0.4) is 0 Å². The molecular weight excluding hydrogens is 324 g/mol. The number of aromatic nitrogens is 1. The summed E-state index contributed by atoms with van der Waals surface area (Å²) in [5.74, 6) is -0.226. The highest BCUT2D eigenvalue weighted by atomic mass is 79.9.